The molecule has 1 heterocycles. The fourth-order valence-electron chi connectivity index (χ4n) is 1.33. The summed E-state index contributed by atoms with van der Waals surface area (Å²) < 4.78 is 0. The first kappa shape index (κ1) is 8.30. The summed E-state index contributed by atoms with van der Waals surface area (Å²) in [6.45, 7) is 3.94. The van der Waals surface area contributed by atoms with Crippen LogP contribution >= 0.6 is 0 Å². The zero-order valence-corrected chi connectivity index (χ0v) is 6.89. The van der Waals surface area contributed by atoms with E-state index >= 15 is 0 Å². The highest BCUT2D eigenvalue weighted by atomic mass is 16.3. The molecular formula is C8H14N2O. The maximum Gasteiger partial charge on any atom is 0.0625 e. The van der Waals surface area contributed by atoms with Gasteiger partial charge in [-0.3, -0.25) is 0 Å². The SMILES string of the molecule is Cc1c[nH]c(C)c1[C@@H](N)CO. The smallest absolute Gasteiger partial charge is 0.0625 e. The van der Waals surface area contributed by atoms with E-state index < -0.39 is 0 Å². The quantitative estimate of drug-likeness (QED) is 0.585. The highest BCUT2D eigenvalue weighted by Crippen LogP contribution is 2.18. The van der Waals surface area contributed by atoms with Crippen molar-refractivity contribution in [3.63, 3.8) is 0 Å². The molecule has 62 valence electrons. The maximum absolute atomic E-state index is 8.82. The summed E-state index contributed by atoms with van der Waals surface area (Å²) in [5.41, 5.74) is 8.87. The lowest BCUT2D eigenvalue weighted by molar-refractivity contribution is 0.267. The first-order valence-electron chi connectivity index (χ1n) is 3.67. The predicted molar refractivity (Wildman–Crippen MR) is 44.3 cm³/mol. The maximum atomic E-state index is 8.82. The molecule has 3 heteroatoms. The highest BCUT2D eigenvalue weighted by molar-refractivity contribution is 5.31. The number of H-pyrrole nitrogens is 1. The molecule has 0 saturated heterocycles. The van der Waals surface area contributed by atoms with Gasteiger partial charge >= 0.3 is 0 Å². The van der Waals surface area contributed by atoms with Crippen molar-refractivity contribution < 1.29 is 5.11 Å². The van der Waals surface area contributed by atoms with Crippen LogP contribution < -0.4 is 5.73 Å². The van der Waals surface area contributed by atoms with Crippen molar-refractivity contribution in [2.24, 2.45) is 5.73 Å². The first-order valence-corrected chi connectivity index (χ1v) is 3.67. The van der Waals surface area contributed by atoms with Gasteiger partial charge in [0.15, 0.2) is 0 Å². The van der Waals surface area contributed by atoms with Gasteiger partial charge in [-0.2, -0.15) is 0 Å². The van der Waals surface area contributed by atoms with Crippen LogP contribution in [-0.4, -0.2) is 16.7 Å². The highest BCUT2D eigenvalue weighted by Gasteiger charge is 2.11. The van der Waals surface area contributed by atoms with E-state index in [4.69, 9.17) is 10.8 Å². The summed E-state index contributed by atoms with van der Waals surface area (Å²) in [5, 5.41) is 8.82. The number of aliphatic hydroxyl groups excluding tert-OH is 1. The third-order valence-electron chi connectivity index (χ3n) is 1.90. The van der Waals surface area contributed by atoms with Crippen molar-refractivity contribution in [3.05, 3.63) is 23.0 Å². The average Bonchev–Trinajstić information content (AvgIpc) is 2.30. The van der Waals surface area contributed by atoms with E-state index in [1.807, 2.05) is 20.0 Å². The summed E-state index contributed by atoms with van der Waals surface area (Å²) in [6.07, 6.45) is 1.90. The van der Waals surface area contributed by atoms with E-state index in [9.17, 15) is 0 Å². The largest absolute Gasteiger partial charge is 0.394 e. The van der Waals surface area contributed by atoms with Crippen LogP contribution in [0.25, 0.3) is 0 Å². The Hall–Kier alpha value is -0.800. The van der Waals surface area contributed by atoms with Crippen LogP contribution in [0, 0.1) is 13.8 Å². The van der Waals surface area contributed by atoms with Crippen LogP contribution in [0.1, 0.15) is 22.9 Å². The Balaban J connectivity index is 3.00. The molecule has 0 aliphatic carbocycles. The molecule has 0 unspecified atom stereocenters. The summed E-state index contributed by atoms with van der Waals surface area (Å²) >= 11 is 0. The normalized spacial score (nSPS) is 13.5. The molecule has 1 aromatic heterocycles. The van der Waals surface area contributed by atoms with Crippen LogP contribution in [0.15, 0.2) is 6.20 Å². The number of aromatic amines is 1. The molecule has 0 aliphatic rings. The van der Waals surface area contributed by atoms with Crippen molar-refractivity contribution in [1.82, 2.24) is 4.98 Å². The monoisotopic (exact) mass is 154 g/mol. The van der Waals surface area contributed by atoms with Gasteiger partial charge in [0, 0.05) is 11.9 Å². The molecule has 0 spiro atoms. The summed E-state index contributed by atoms with van der Waals surface area (Å²) in [4.78, 5) is 3.06. The number of rotatable bonds is 2. The molecule has 0 radical (unpaired) electrons. The van der Waals surface area contributed by atoms with E-state index in [1.54, 1.807) is 0 Å². The minimum absolute atomic E-state index is 0.000463. The van der Waals surface area contributed by atoms with Gasteiger partial charge in [-0.25, -0.2) is 0 Å². The van der Waals surface area contributed by atoms with Crippen molar-refractivity contribution in [1.29, 1.82) is 0 Å². The molecule has 0 saturated carbocycles. The molecule has 11 heavy (non-hydrogen) atoms. The summed E-state index contributed by atoms with van der Waals surface area (Å²) in [7, 11) is 0. The van der Waals surface area contributed by atoms with Gasteiger partial charge in [0.05, 0.1) is 12.6 Å². The van der Waals surface area contributed by atoms with Gasteiger partial charge in [0.2, 0.25) is 0 Å². The molecule has 1 aromatic rings. The lowest BCUT2D eigenvalue weighted by Gasteiger charge is -2.08. The number of hydrogen-bond donors (Lipinski definition) is 3. The lowest BCUT2D eigenvalue weighted by atomic mass is 10.1. The van der Waals surface area contributed by atoms with Gasteiger partial charge < -0.3 is 15.8 Å². The molecule has 0 amide bonds. The van der Waals surface area contributed by atoms with Crippen molar-refractivity contribution in [2.45, 2.75) is 19.9 Å². The van der Waals surface area contributed by atoms with Crippen LogP contribution in [0.4, 0.5) is 0 Å². The zero-order chi connectivity index (χ0) is 8.43. The minimum atomic E-state index is -0.249. The Bertz CT molecular complexity index is 223. The van der Waals surface area contributed by atoms with Gasteiger partial charge in [0.25, 0.3) is 0 Å². The molecule has 0 aromatic carbocycles. The van der Waals surface area contributed by atoms with Crippen LogP contribution in [0.2, 0.25) is 0 Å². The summed E-state index contributed by atoms with van der Waals surface area (Å²) in [6, 6.07) is -0.249. The number of aryl methyl sites for hydroxylation is 2. The Morgan fingerprint density at radius 2 is 2.27 bits per heavy atom. The standard InChI is InChI=1S/C8H14N2O/c1-5-3-10-6(2)8(5)7(9)4-11/h3,7,10-11H,4,9H2,1-2H3/t7-/m0/s1. The lowest BCUT2D eigenvalue weighted by Crippen LogP contribution is -2.15. The second-order valence-electron chi connectivity index (χ2n) is 2.80. The average molecular weight is 154 g/mol. The van der Waals surface area contributed by atoms with E-state index in [1.165, 1.54) is 0 Å². The molecule has 0 bridgehead atoms. The fourth-order valence-corrected chi connectivity index (χ4v) is 1.33. The first-order chi connectivity index (χ1) is 5.16. The second-order valence-corrected chi connectivity index (χ2v) is 2.80. The third-order valence-corrected chi connectivity index (χ3v) is 1.90. The van der Waals surface area contributed by atoms with Gasteiger partial charge in [0.1, 0.15) is 0 Å². The molecule has 1 rings (SSSR count). The number of aliphatic hydroxyl groups is 1. The number of nitrogens with one attached hydrogen (secondary N) is 1. The van der Waals surface area contributed by atoms with Gasteiger partial charge in [-0.1, -0.05) is 0 Å². The molecule has 4 N–H and O–H groups in total. The van der Waals surface area contributed by atoms with E-state index in [0.717, 1.165) is 16.8 Å². The van der Waals surface area contributed by atoms with Gasteiger partial charge in [-0.15, -0.1) is 0 Å². The topological polar surface area (TPSA) is 62.0 Å². The van der Waals surface area contributed by atoms with E-state index in [0.29, 0.717) is 0 Å². The Morgan fingerprint density at radius 3 is 2.64 bits per heavy atom. The fraction of sp³-hybridized carbons (Fsp3) is 0.500. The number of nitrogens with two attached hydrogens (primary N) is 1. The molecule has 1 atom stereocenters. The van der Waals surface area contributed by atoms with Crippen molar-refractivity contribution in [3.8, 4) is 0 Å². The Kier molecular flexibility index (Phi) is 2.31. The zero-order valence-electron chi connectivity index (χ0n) is 6.89. The third kappa shape index (κ3) is 1.44. The van der Waals surface area contributed by atoms with Crippen LogP contribution in [0.3, 0.4) is 0 Å². The predicted octanol–water partition coefficient (Wildman–Crippen LogP) is 0.624. The van der Waals surface area contributed by atoms with E-state index in [-0.39, 0.29) is 12.6 Å². The Morgan fingerprint density at radius 1 is 1.64 bits per heavy atom. The summed E-state index contributed by atoms with van der Waals surface area (Å²) in [5.74, 6) is 0. The number of hydrogen-bond acceptors (Lipinski definition) is 2. The van der Waals surface area contributed by atoms with Crippen molar-refractivity contribution in [2.75, 3.05) is 6.61 Å². The van der Waals surface area contributed by atoms with Crippen LogP contribution in [-0.2, 0) is 0 Å². The number of aromatic nitrogens is 1. The van der Waals surface area contributed by atoms with Gasteiger partial charge in [-0.05, 0) is 25.0 Å². The van der Waals surface area contributed by atoms with Crippen LogP contribution in [0.5, 0.6) is 0 Å². The molecular weight excluding hydrogens is 140 g/mol. The second kappa shape index (κ2) is 3.07. The molecule has 0 aliphatic heterocycles. The molecule has 0 fully saturated rings. The van der Waals surface area contributed by atoms with Crippen molar-refractivity contribution >= 4 is 0 Å². The Labute approximate surface area is 66.2 Å². The van der Waals surface area contributed by atoms with E-state index in [2.05, 4.69) is 4.98 Å². The minimum Gasteiger partial charge on any atom is -0.394 e. The molecule has 3 nitrogen and oxygen atoms in total.